The van der Waals surface area contributed by atoms with Crippen LogP contribution in [0.1, 0.15) is 19.8 Å². The summed E-state index contributed by atoms with van der Waals surface area (Å²) in [6.45, 7) is 4.61. The van der Waals surface area contributed by atoms with Gasteiger partial charge in [0, 0.05) is 37.3 Å². The molecule has 3 fully saturated rings. The molecule has 3 rings (SSSR count). The van der Waals surface area contributed by atoms with E-state index in [-0.39, 0.29) is 18.2 Å². The molecule has 0 spiro atoms. The third-order valence-electron chi connectivity index (χ3n) is 5.19. The van der Waals surface area contributed by atoms with Crippen molar-refractivity contribution in [3.8, 4) is 6.07 Å². The van der Waals surface area contributed by atoms with Crippen molar-refractivity contribution in [3.05, 3.63) is 0 Å². The lowest BCUT2D eigenvalue weighted by atomic mass is 10.1. The van der Waals surface area contributed by atoms with Gasteiger partial charge in [-0.2, -0.15) is 18.4 Å². The summed E-state index contributed by atoms with van der Waals surface area (Å²) < 4.78 is 56.6. The SMILES string of the molecule is CCN(C1CCN(S(C)(=O)=O)CC1)N1OCC1N1CSCC1C#N.O=C(O)C(F)(F)F. The van der Waals surface area contributed by atoms with Crippen LogP contribution in [-0.4, -0.2) is 107 Å². The number of carboxylic acid groups (broad SMARTS) is 1. The second-order valence-electron chi connectivity index (χ2n) is 7.19. The molecular weight excluding hydrogens is 463 g/mol. The minimum absolute atomic E-state index is 0.0582. The predicted octanol–water partition coefficient (Wildman–Crippen LogP) is 0.752. The zero-order chi connectivity index (χ0) is 23.4. The van der Waals surface area contributed by atoms with E-state index in [4.69, 9.17) is 14.7 Å². The first-order valence-corrected chi connectivity index (χ1v) is 12.6. The van der Waals surface area contributed by atoms with Crippen molar-refractivity contribution in [2.45, 2.75) is 44.2 Å². The number of halogens is 3. The smallest absolute Gasteiger partial charge is 0.475 e. The second kappa shape index (κ2) is 10.6. The molecule has 0 aromatic carbocycles. The van der Waals surface area contributed by atoms with E-state index in [1.54, 1.807) is 16.1 Å². The minimum Gasteiger partial charge on any atom is -0.475 e. The summed E-state index contributed by atoms with van der Waals surface area (Å²) >= 11 is 1.78. The number of nitriles is 1. The third kappa shape index (κ3) is 6.67. The van der Waals surface area contributed by atoms with Gasteiger partial charge >= 0.3 is 12.1 Å². The van der Waals surface area contributed by atoms with Gasteiger partial charge in [0.1, 0.15) is 18.8 Å². The van der Waals surface area contributed by atoms with Gasteiger partial charge in [-0.25, -0.2) is 22.5 Å². The monoisotopic (exact) mass is 489 g/mol. The van der Waals surface area contributed by atoms with E-state index in [2.05, 4.69) is 22.9 Å². The number of thioether (sulfide) groups is 1. The largest absolute Gasteiger partial charge is 0.490 e. The van der Waals surface area contributed by atoms with Gasteiger partial charge in [0.25, 0.3) is 0 Å². The van der Waals surface area contributed by atoms with Crippen molar-refractivity contribution in [1.29, 1.82) is 5.26 Å². The molecule has 2 unspecified atom stereocenters. The molecule has 0 saturated carbocycles. The molecule has 0 amide bonds. The molecule has 0 aromatic heterocycles. The zero-order valence-electron chi connectivity index (χ0n) is 17.2. The molecule has 10 nitrogen and oxygen atoms in total. The van der Waals surface area contributed by atoms with E-state index in [9.17, 15) is 26.9 Å². The molecule has 0 aliphatic carbocycles. The van der Waals surface area contributed by atoms with E-state index in [1.165, 1.54) is 6.26 Å². The fourth-order valence-corrected chi connectivity index (χ4v) is 5.60. The lowest BCUT2D eigenvalue weighted by molar-refractivity contribution is -0.423. The van der Waals surface area contributed by atoms with Crippen LogP contribution in [0.15, 0.2) is 0 Å². The van der Waals surface area contributed by atoms with Gasteiger partial charge in [-0.15, -0.1) is 16.9 Å². The van der Waals surface area contributed by atoms with E-state index in [0.717, 1.165) is 31.0 Å². The van der Waals surface area contributed by atoms with Gasteiger partial charge in [0.2, 0.25) is 10.0 Å². The summed E-state index contributed by atoms with van der Waals surface area (Å²) in [5, 5.41) is 20.5. The van der Waals surface area contributed by atoms with Gasteiger partial charge < -0.3 is 5.11 Å². The maximum absolute atomic E-state index is 11.7. The Morgan fingerprint density at radius 2 is 1.94 bits per heavy atom. The van der Waals surface area contributed by atoms with E-state index < -0.39 is 22.2 Å². The van der Waals surface area contributed by atoms with Gasteiger partial charge in [-0.3, -0.25) is 9.74 Å². The molecule has 3 aliphatic heterocycles. The lowest BCUT2D eigenvalue weighted by Gasteiger charge is -2.52. The Labute approximate surface area is 183 Å². The van der Waals surface area contributed by atoms with Crippen molar-refractivity contribution in [1.82, 2.24) is 19.4 Å². The highest BCUT2D eigenvalue weighted by atomic mass is 32.2. The quantitative estimate of drug-likeness (QED) is 0.593. The number of alkyl halides is 3. The number of carboxylic acids is 1. The van der Waals surface area contributed by atoms with Crippen LogP contribution in [0.25, 0.3) is 0 Å². The van der Waals surface area contributed by atoms with Crippen LogP contribution in [0, 0.1) is 11.3 Å². The molecule has 3 saturated heterocycles. The molecule has 2 atom stereocenters. The summed E-state index contributed by atoms with van der Waals surface area (Å²) in [7, 11) is -3.11. The molecule has 31 heavy (non-hydrogen) atoms. The Balaban J connectivity index is 0.000000423. The van der Waals surface area contributed by atoms with Crippen LogP contribution in [0.4, 0.5) is 13.2 Å². The second-order valence-corrected chi connectivity index (χ2v) is 10.2. The number of nitrogens with zero attached hydrogens (tertiary/aromatic N) is 5. The zero-order valence-corrected chi connectivity index (χ0v) is 18.8. The number of aliphatic carboxylic acids is 1. The van der Waals surface area contributed by atoms with Gasteiger partial charge in [-0.05, 0) is 12.8 Å². The Morgan fingerprint density at radius 3 is 2.32 bits per heavy atom. The predicted molar refractivity (Wildman–Crippen MR) is 106 cm³/mol. The maximum atomic E-state index is 11.7. The number of sulfonamides is 1. The normalized spacial score (nSPS) is 26.7. The van der Waals surface area contributed by atoms with Crippen molar-refractivity contribution < 1.29 is 36.3 Å². The molecule has 0 bridgehead atoms. The van der Waals surface area contributed by atoms with Gasteiger partial charge in [0.15, 0.2) is 0 Å². The standard InChI is InChI=1S/C14H25N5O3S2.C2HF3O2/c1-3-18(12-4-6-16(7-5-12)24(2,20)21)19-14(9-22-19)17-11-23-10-13(17)8-15;3-2(4,5)1(6)7/h12-14H,3-7,9-11H2,1-2H3;(H,6,7). The molecule has 0 radical (unpaired) electrons. The van der Waals surface area contributed by atoms with Crippen LogP contribution in [-0.2, 0) is 19.7 Å². The molecule has 3 aliphatic rings. The van der Waals surface area contributed by atoms with Crippen molar-refractivity contribution >= 4 is 27.8 Å². The number of piperidine rings is 1. The average molecular weight is 490 g/mol. The Hall–Kier alpha value is -1.15. The van der Waals surface area contributed by atoms with E-state index in [0.29, 0.717) is 19.7 Å². The highest BCUT2D eigenvalue weighted by molar-refractivity contribution is 7.99. The molecule has 178 valence electrons. The van der Waals surface area contributed by atoms with Crippen LogP contribution < -0.4 is 0 Å². The summed E-state index contributed by atoms with van der Waals surface area (Å²) in [5.41, 5.74) is 0. The van der Waals surface area contributed by atoms with Crippen LogP contribution >= 0.6 is 11.8 Å². The summed E-state index contributed by atoms with van der Waals surface area (Å²) in [6.07, 6.45) is -2.11. The number of hydrazine groups is 1. The van der Waals surface area contributed by atoms with E-state index >= 15 is 0 Å². The Kier molecular flexibility index (Phi) is 8.96. The molecule has 3 heterocycles. The maximum Gasteiger partial charge on any atom is 0.490 e. The Bertz CT molecular complexity index is 771. The number of hydrogen-bond donors (Lipinski definition) is 1. The highest BCUT2D eigenvalue weighted by Gasteiger charge is 2.45. The topological polar surface area (TPSA) is 117 Å². The summed E-state index contributed by atoms with van der Waals surface area (Å²) in [5.74, 6) is -1.06. The van der Waals surface area contributed by atoms with Crippen LogP contribution in [0.2, 0.25) is 0 Å². The summed E-state index contributed by atoms with van der Waals surface area (Å²) in [4.78, 5) is 16.8. The number of hydroxylamine groups is 1. The number of hydrogen-bond acceptors (Lipinski definition) is 9. The fraction of sp³-hybridized carbons (Fsp3) is 0.875. The van der Waals surface area contributed by atoms with E-state index in [1.807, 2.05) is 5.17 Å². The lowest BCUT2D eigenvalue weighted by Crippen LogP contribution is -2.68. The average Bonchev–Trinajstić information content (AvgIpc) is 3.12. The highest BCUT2D eigenvalue weighted by Crippen LogP contribution is 2.32. The third-order valence-corrected chi connectivity index (χ3v) is 7.53. The van der Waals surface area contributed by atoms with Crippen LogP contribution in [0.5, 0.6) is 0 Å². The number of carbonyl (C=O) groups is 1. The molecule has 0 aromatic rings. The first kappa shape index (κ1) is 26.1. The first-order chi connectivity index (χ1) is 14.4. The minimum atomic E-state index is -5.08. The van der Waals surface area contributed by atoms with Crippen molar-refractivity contribution in [3.63, 3.8) is 0 Å². The summed E-state index contributed by atoms with van der Waals surface area (Å²) in [6, 6.07) is 2.59. The fourth-order valence-electron chi connectivity index (χ4n) is 3.57. The van der Waals surface area contributed by atoms with Crippen molar-refractivity contribution in [2.24, 2.45) is 0 Å². The molecular formula is C16H26F3N5O5S2. The van der Waals surface area contributed by atoms with Gasteiger partial charge in [0.05, 0.1) is 12.3 Å². The first-order valence-electron chi connectivity index (χ1n) is 9.57. The van der Waals surface area contributed by atoms with Gasteiger partial charge in [-0.1, -0.05) is 6.92 Å². The Morgan fingerprint density at radius 1 is 1.35 bits per heavy atom. The molecule has 1 N–H and O–H groups in total. The molecule has 15 heteroatoms. The van der Waals surface area contributed by atoms with Crippen molar-refractivity contribution in [2.75, 3.05) is 44.1 Å². The van der Waals surface area contributed by atoms with Crippen LogP contribution in [0.3, 0.4) is 0 Å². The number of rotatable bonds is 5.